The predicted molar refractivity (Wildman–Crippen MR) is 97.1 cm³/mol. The summed E-state index contributed by atoms with van der Waals surface area (Å²) >= 11 is 0.189. The molecule has 118 valence electrons. The van der Waals surface area contributed by atoms with Gasteiger partial charge in [-0.2, -0.15) is 0 Å². The first-order valence-corrected chi connectivity index (χ1v) is 10.6. The van der Waals surface area contributed by atoms with Gasteiger partial charge in [-0.05, 0) is 0 Å². The van der Waals surface area contributed by atoms with Gasteiger partial charge in [0.25, 0.3) is 0 Å². The summed E-state index contributed by atoms with van der Waals surface area (Å²) in [7, 11) is -0.970. The van der Waals surface area contributed by atoms with Crippen molar-refractivity contribution >= 4 is 30.2 Å². The van der Waals surface area contributed by atoms with Gasteiger partial charge < -0.3 is 0 Å². The molecule has 0 bridgehead atoms. The third kappa shape index (κ3) is 4.55. The van der Waals surface area contributed by atoms with Crippen LogP contribution in [0.1, 0.15) is 27.7 Å². The topological polar surface area (TPSA) is 17.1 Å². The van der Waals surface area contributed by atoms with Gasteiger partial charge in [0.1, 0.15) is 0 Å². The number of benzene rings is 2. The first kappa shape index (κ1) is 17.5. The van der Waals surface area contributed by atoms with E-state index in [1.807, 2.05) is 36.4 Å². The van der Waals surface area contributed by atoms with Crippen LogP contribution in [0.5, 0.6) is 0 Å². The van der Waals surface area contributed by atoms with Gasteiger partial charge in [0.05, 0.1) is 0 Å². The number of hydrogen-bond acceptors (Lipinski definition) is 1. The van der Waals surface area contributed by atoms with Gasteiger partial charge in [-0.1, -0.05) is 0 Å². The Kier molecular flexibility index (Phi) is 6.02. The first-order valence-electron chi connectivity index (χ1n) is 7.57. The van der Waals surface area contributed by atoms with Crippen molar-refractivity contribution in [3.05, 3.63) is 60.7 Å². The zero-order valence-corrected chi connectivity index (χ0v) is 16.2. The van der Waals surface area contributed by atoms with E-state index in [1.165, 1.54) is 4.46 Å². The molecule has 0 aromatic heterocycles. The Morgan fingerprint density at radius 1 is 0.909 bits per heavy atom. The molecule has 0 amide bonds. The summed E-state index contributed by atoms with van der Waals surface area (Å²) in [6.07, 6.45) is 0. The van der Waals surface area contributed by atoms with Crippen LogP contribution in [0.2, 0.25) is 0 Å². The zero-order chi connectivity index (χ0) is 16.2. The molecule has 0 radical (unpaired) electrons. The molecule has 2 aromatic carbocycles. The van der Waals surface area contributed by atoms with Crippen LogP contribution >= 0.6 is 0 Å². The van der Waals surface area contributed by atoms with E-state index in [-0.39, 0.29) is 24.5 Å². The van der Waals surface area contributed by atoms with Gasteiger partial charge in [0.15, 0.2) is 0 Å². The van der Waals surface area contributed by atoms with E-state index in [2.05, 4.69) is 52.0 Å². The summed E-state index contributed by atoms with van der Waals surface area (Å²) in [6, 6.07) is 20.4. The van der Waals surface area contributed by atoms with Crippen LogP contribution < -0.4 is 4.46 Å². The maximum absolute atomic E-state index is 13.2. The van der Waals surface area contributed by atoms with Crippen LogP contribution in [-0.2, 0) is 10.8 Å². The van der Waals surface area contributed by atoms with Crippen molar-refractivity contribution in [1.29, 1.82) is 0 Å². The van der Waals surface area contributed by atoms with Crippen LogP contribution in [-0.4, -0.2) is 23.3 Å². The van der Waals surface area contributed by atoms with Gasteiger partial charge >= 0.3 is 143 Å². The Morgan fingerprint density at radius 2 is 1.41 bits per heavy atom. The Hall–Kier alpha value is -0.891. The molecule has 3 heteroatoms. The fourth-order valence-corrected chi connectivity index (χ4v) is 7.96. The molecule has 22 heavy (non-hydrogen) atoms. The van der Waals surface area contributed by atoms with Crippen molar-refractivity contribution in [2.75, 3.05) is 0 Å². The van der Waals surface area contributed by atoms with Crippen molar-refractivity contribution in [3.63, 3.8) is 0 Å². The summed E-state index contributed by atoms with van der Waals surface area (Å²) in [5.41, 5.74) is 0.144. The van der Waals surface area contributed by atoms with Crippen LogP contribution in [0.15, 0.2) is 65.6 Å². The SMILES string of the molecule is C[C@@H](C([Se]c1ccccc1)S(=O)c1ccccc1)C(C)(C)C. The number of rotatable bonds is 5. The van der Waals surface area contributed by atoms with Crippen molar-refractivity contribution in [2.45, 2.75) is 36.7 Å². The van der Waals surface area contributed by atoms with Gasteiger partial charge in [-0.15, -0.1) is 0 Å². The van der Waals surface area contributed by atoms with Crippen molar-refractivity contribution < 1.29 is 4.21 Å². The predicted octanol–water partition coefficient (Wildman–Crippen LogP) is 3.83. The van der Waals surface area contributed by atoms with E-state index in [1.54, 1.807) is 0 Å². The molecule has 0 aliphatic rings. The molecule has 0 N–H and O–H groups in total. The van der Waals surface area contributed by atoms with E-state index >= 15 is 0 Å². The second-order valence-corrected chi connectivity index (χ2v) is 11.4. The van der Waals surface area contributed by atoms with E-state index in [4.69, 9.17) is 0 Å². The molecule has 0 fully saturated rings. The van der Waals surface area contributed by atoms with Gasteiger partial charge in [0, 0.05) is 0 Å². The second kappa shape index (κ2) is 7.59. The quantitative estimate of drug-likeness (QED) is 0.722. The third-order valence-electron chi connectivity index (χ3n) is 3.96. The van der Waals surface area contributed by atoms with E-state index in [9.17, 15) is 4.21 Å². The molecule has 2 rings (SSSR count). The van der Waals surface area contributed by atoms with Gasteiger partial charge in [0.2, 0.25) is 0 Å². The number of hydrogen-bond donors (Lipinski definition) is 0. The Balaban J connectivity index is 2.31. The summed E-state index contributed by atoms with van der Waals surface area (Å²) in [6.45, 7) is 8.98. The summed E-state index contributed by atoms with van der Waals surface area (Å²) < 4.78 is 14.7. The van der Waals surface area contributed by atoms with Crippen molar-refractivity contribution in [3.8, 4) is 0 Å². The first-order chi connectivity index (χ1) is 10.4. The van der Waals surface area contributed by atoms with Gasteiger partial charge in [-0.25, -0.2) is 0 Å². The zero-order valence-electron chi connectivity index (χ0n) is 13.7. The summed E-state index contributed by atoms with van der Waals surface area (Å²) in [4.78, 5) is 0.946. The fraction of sp³-hybridized carbons (Fsp3) is 0.368. The fourth-order valence-electron chi connectivity index (χ4n) is 2.06. The third-order valence-corrected chi connectivity index (χ3v) is 9.61. The molecule has 0 saturated heterocycles. The Bertz CT molecular complexity index is 604. The van der Waals surface area contributed by atoms with Crippen LogP contribution in [0.25, 0.3) is 0 Å². The molecule has 0 spiro atoms. The molecular weight excluding hydrogens is 355 g/mol. The molecule has 2 unspecified atom stereocenters. The Labute approximate surface area is 143 Å². The summed E-state index contributed by atoms with van der Waals surface area (Å²) in [5, 5.41) is 0. The second-order valence-electron chi connectivity index (χ2n) is 6.56. The monoisotopic (exact) mass is 380 g/mol. The maximum atomic E-state index is 13.2. The average Bonchev–Trinajstić information content (AvgIpc) is 2.52. The van der Waals surface area contributed by atoms with Crippen LogP contribution in [0.4, 0.5) is 0 Å². The van der Waals surface area contributed by atoms with Gasteiger partial charge in [-0.3, -0.25) is 0 Å². The van der Waals surface area contributed by atoms with Crippen LogP contribution in [0.3, 0.4) is 0 Å². The molecular formula is C19H24OSSe. The molecule has 0 aliphatic heterocycles. The molecule has 1 nitrogen and oxygen atoms in total. The minimum atomic E-state index is -0.970. The van der Waals surface area contributed by atoms with Crippen molar-refractivity contribution in [2.24, 2.45) is 11.3 Å². The van der Waals surface area contributed by atoms with Crippen LogP contribution in [0, 0.1) is 11.3 Å². The summed E-state index contributed by atoms with van der Waals surface area (Å²) in [5.74, 6) is 0.383. The molecule has 0 heterocycles. The van der Waals surface area contributed by atoms with E-state index in [0.29, 0.717) is 5.92 Å². The standard InChI is InChI=1S/C19H24OSSe/c1-15(19(2,3)4)18(22-17-13-9-6-10-14-17)21(20)16-11-7-5-8-12-16/h5-15,18H,1-4H3/t15-,18?,21?/m0/s1. The molecule has 0 saturated carbocycles. The molecule has 2 aromatic rings. The normalized spacial score (nSPS) is 16.0. The molecule has 0 aliphatic carbocycles. The van der Waals surface area contributed by atoms with E-state index < -0.39 is 10.8 Å². The van der Waals surface area contributed by atoms with E-state index in [0.717, 1.165) is 4.90 Å². The average molecular weight is 379 g/mol. The van der Waals surface area contributed by atoms with Crippen molar-refractivity contribution in [1.82, 2.24) is 0 Å². The minimum absolute atomic E-state index is 0.144. The Morgan fingerprint density at radius 3 is 1.91 bits per heavy atom. The molecule has 3 atom stereocenters.